The monoisotopic (exact) mass is 327 g/mol. The highest BCUT2D eigenvalue weighted by atomic mass is 32.2. The Morgan fingerprint density at radius 3 is 2.41 bits per heavy atom. The van der Waals surface area contributed by atoms with Crippen LogP contribution in [0.3, 0.4) is 0 Å². The van der Waals surface area contributed by atoms with Crippen molar-refractivity contribution < 1.29 is 26.7 Å². The fourth-order valence-electron chi connectivity index (χ4n) is 1.65. The topological polar surface area (TPSA) is 95.7 Å². The minimum atomic E-state index is -4.41. The van der Waals surface area contributed by atoms with E-state index in [1.165, 1.54) is 12.1 Å². The SMILES string of the molecule is COc1cc([N+](=O)[O-])ccc1S(=O)(=O)Oc1ccccc1F. The van der Waals surface area contributed by atoms with Crippen molar-refractivity contribution in [2.45, 2.75) is 4.90 Å². The van der Waals surface area contributed by atoms with E-state index in [0.717, 1.165) is 37.4 Å². The van der Waals surface area contributed by atoms with E-state index < -0.39 is 31.5 Å². The Balaban J connectivity index is 2.45. The highest BCUT2D eigenvalue weighted by Gasteiger charge is 2.25. The number of nitro groups is 1. The summed E-state index contributed by atoms with van der Waals surface area (Å²) in [4.78, 5) is 9.55. The van der Waals surface area contributed by atoms with Crippen LogP contribution in [0.2, 0.25) is 0 Å². The van der Waals surface area contributed by atoms with Crippen LogP contribution in [-0.2, 0) is 10.1 Å². The Morgan fingerprint density at radius 1 is 1.14 bits per heavy atom. The maximum atomic E-state index is 13.5. The van der Waals surface area contributed by atoms with Crippen molar-refractivity contribution in [3.8, 4) is 11.5 Å². The maximum absolute atomic E-state index is 13.5. The van der Waals surface area contributed by atoms with E-state index in [-0.39, 0.29) is 11.4 Å². The molecule has 0 atom stereocenters. The van der Waals surface area contributed by atoms with Gasteiger partial charge in [-0.25, -0.2) is 4.39 Å². The Bertz CT molecular complexity index is 821. The smallest absolute Gasteiger partial charge is 0.343 e. The Morgan fingerprint density at radius 2 is 1.82 bits per heavy atom. The van der Waals surface area contributed by atoms with Gasteiger partial charge in [-0.1, -0.05) is 12.1 Å². The van der Waals surface area contributed by atoms with Gasteiger partial charge in [0, 0.05) is 6.07 Å². The molecule has 0 aliphatic heterocycles. The third-order valence-electron chi connectivity index (χ3n) is 2.66. The number of halogens is 1. The van der Waals surface area contributed by atoms with Gasteiger partial charge in [0.2, 0.25) is 0 Å². The second kappa shape index (κ2) is 5.98. The normalized spacial score (nSPS) is 11.0. The van der Waals surface area contributed by atoms with Crippen LogP contribution in [-0.4, -0.2) is 20.5 Å². The molecule has 0 aliphatic carbocycles. The molecule has 7 nitrogen and oxygen atoms in total. The molecule has 2 aromatic rings. The van der Waals surface area contributed by atoms with Gasteiger partial charge < -0.3 is 8.92 Å². The van der Waals surface area contributed by atoms with E-state index in [4.69, 9.17) is 8.92 Å². The van der Waals surface area contributed by atoms with Crippen molar-refractivity contribution in [2.24, 2.45) is 0 Å². The molecule has 116 valence electrons. The Labute approximate surface area is 125 Å². The molecule has 0 fully saturated rings. The molecule has 0 spiro atoms. The lowest BCUT2D eigenvalue weighted by Crippen LogP contribution is -2.12. The standard InChI is InChI=1S/C13H10FNO6S/c1-20-12-8-9(15(16)17)6-7-13(12)22(18,19)21-11-5-3-2-4-10(11)14/h2-8H,1H3. The molecule has 0 amide bonds. The van der Waals surface area contributed by atoms with Crippen LogP contribution in [0, 0.1) is 15.9 Å². The van der Waals surface area contributed by atoms with Crippen molar-refractivity contribution in [3.05, 3.63) is 58.4 Å². The van der Waals surface area contributed by atoms with Crippen molar-refractivity contribution in [3.63, 3.8) is 0 Å². The minimum absolute atomic E-state index is 0.273. The molecule has 2 aromatic carbocycles. The minimum Gasteiger partial charge on any atom is -0.495 e. The van der Waals surface area contributed by atoms with Gasteiger partial charge in [0.25, 0.3) is 5.69 Å². The number of benzene rings is 2. The van der Waals surface area contributed by atoms with E-state index in [1.807, 2.05) is 0 Å². The first-order valence-corrected chi connectivity index (χ1v) is 7.27. The third kappa shape index (κ3) is 3.14. The van der Waals surface area contributed by atoms with Crippen LogP contribution in [0.25, 0.3) is 0 Å². The number of rotatable bonds is 5. The van der Waals surface area contributed by atoms with Gasteiger partial charge in [0.05, 0.1) is 18.1 Å². The summed E-state index contributed by atoms with van der Waals surface area (Å²) in [5.74, 6) is -1.61. The number of para-hydroxylation sites is 1. The van der Waals surface area contributed by atoms with Crippen LogP contribution in [0.4, 0.5) is 10.1 Å². The highest BCUT2D eigenvalue weighted by molar-refractivity contribution is 7.87. The molecule has 9 heteroatoms. The van der Waals surface area contributed by atoms with Gasteiger partial charge in [0.1, 0.15) is 10.6 Å². The third-order valence-corrected chi connectivity index (χ3v) is 3.94. The zero-order valence-corrected chi connectivity index (χ0v) is 12.0. The number of nitro benzene ring substituents is 1. The summed E-state index contributed by atoms with van der Waals surface area (Å²) >= 11 is 0. The molecular weight excluding hydrogens is 317 g/mol. The zero-order chi connectivity index (χ0) is 16.3. The second-order valence-corrected chi connectivity index (χ2v) is 5.57. The maximum Gasteiger partial charge on any atom is 0.343 e. The summed E-state index contributed by atoms with van der Waals surface area (Å²) < 4.78 is 47.4. The number of methoxy groups -OCH3 is 1. The van der Waals surface area contributed by atoms with Crippen LogP contribution < -0.4 is 8.92 Å². The lowest BCUT2D eigenvalue weighted by molar-refractivity contribution is -0.385. The average Bonchev–Trinajstić information content (AvgIpc) is 2.48. The van der Waals surface area contributed by atoms with E-state index in [2.05, 4.69) is 0 Å². The van der Waals surface area contributed by atoms with Crippen LogP contribution >= 0.6 is 0 Å². The zero-order valence-electron chi connectivity index (χ0n) is 11.2. The molecule has 0 aromatic heterocycles. The average molecular weight is 327 g/mol. The quantitative estimate of drug-likeness (QED) is 0.475. The summed E-state index contributed by atoms with van der Waals surface area (Å²) in [6, 6.07) is 7.86. The predicted molar refractivity (Wildman–Crippen MR) is 73.9 cm³/mol. The number of hydrogen-bond acceptors (Lipinski definition) is 6. The van der Waals surface area contributed by atoms with E-state index in [0.29, 0.717) is 0 Å². The van der Waals surface area contributed by atoms with E-state index in [1.54, 1.807) is 0 Å². The lowest BCUT2D eigenvalue weighted by atomic mass is 10.3. The first-order chi connectivity index (χ1) is 10.3. The lowest BCUT2D eigenvalue weighted by Gasteiger charge is -2.10. The van der Waals surface area contributed by atoms with Gasteiger partial charge in [-0.2, -0.15) is 8.42 Å². The number of nitrogens with zero attached hydrogens (tertiary/aromatic N) is 1. The largest absolute Gasteiger partial charge is 0.495 e. The molecule has 0 N–H and O–H groups in total. The van der Waals surface area contributed by atoms with Crippen LogP contribution in [0.1, 0.15) is 0 Å². The molecular formula is C13H10FNO6S. The molecule has 0 saturated carbocycles. The fraction of sp³-hybridized carbons (Fsp3) is 0.0769. The summed E-state index contributed by atoms with van der Waals surface area (Å²) in [6.07, 6.45) is 0. The second-order valence-electron chi connectivity index (χ2n) is 4.06. The molecule has 0 radical (unpaired) electrons. The van der Waals surface area contributed by atoms with Gasteiger partial charge in [-0.15, -0.1) is 0 Å². The van der Waals surface area contributed by atoms with Crippen molar-refractivity contribution >= 4 is 15.8 Å². The number of hydrogen-bond donors (Lipinski definition) is 0. The number of non-ortho nitro benzene ring substituents is 1. The molecule has 2 rings (SSSR count). The van der Waals surface area contributed by atoms with Crippen molar-refractivity contribution in [1.29, 1.82) is 0 Å². The Hall–Kier alpha value is -2.68. The van der Waals surface area contributed by atoms with Gasteiger partial charge in [0.15, 0.2) is 11.6 Å². The van der Waals surface area contributed by atoms with E-state index >= 15 is 0 Å². The van der Waals surface area contributed by atoms with Gasteiger partial charge in [-0.3, -0.25) is 10.1 Å². The molecule has 0 unspecified atom stereocenters. The van der Waals surface area contributed by atoms with Crippen molar-refractivity contribution in [2.75, 3.05) is 7.11 Å². The highest BCUT2D eigenvalue weighted by Crippen LogP contribution is 2.31. The van der Waals surface area contributed by atoms with Crippen LogP contribution in [0.5, 0.6) is 11.5 Å². The first kappa shape index (κ1) is 15.7. The molecule has 0 bridgehead atoms. The first-order valence-electron chi connectivity index (χ1n) is 5.86. The molecule has 0 saturated heterocycles. The number of ether oxygens (including phenoxy) is 1. The van der Waals surface area contributed by atoms with Crippen LogP contribution in [0.15, 0.2) is 47.4 Å². The summed E-state index contributed by atoms with van der Waals surface area (Å²) in [6.45, 7) is 0. The molecule has 0 heterocycles. The fourth-order valence-corrected chi connectivity index (χ4v) is 2.74. The van der Waals surface area contributed by atoms with Gasteiger partial charge >= 0.3 is 10.1 Å². The molecule has 0 aliphatic rings. The summed E-state index contributed by atoms with van der Waals surface area (Å²) in [5.41, 5.74) is -0.346. The molecule has 22 heavy (non-hydrogen) atoms. The summed E-state index contributed by atoms with van der Waals surface area (Å²) in [5, 5.41) is 10.7. The summed E-state index contributed by atoms with van der Waals surface area (Å²) in [7, 11) is -3.25. The van der Waals surface area contributed by atoms with E-state index in [9.17, 15) is 22.9 Å². The Kier molecular flexibility index (Phi) is 4.27. The predicted octanol–water partition coefficient (Wildman–Crippen LogP) is 2.51. The van der Waals surface area contributed by atoms with Crippen molar-refractivity contribution in [1.82, 2.24) is 0 Å². The van der Waals surface area contributed by atoms with Gasteiger partial charge in [-0.05, 0) is 18.2 Å².